The molecule has 0 aromatic rings. The highest BCUT2D eigenvalue weighted by Gasteiger charge is 1.95. The molecule has 1 aliphatic heterocycles. The molecule has 0 unspecified atom stereocenters. The highest BCUT2D eigenvalue weighted by atomic mass is 16.7. The monoisotopic (exact) mass is 202 g/mol. The predicted molar refractivity (Wildman–Crippen MR) is 60.4 cm³/mol. The molecular formula is C12H26O2. The molecule has 2 rings (SSSR count). The van der Waals surface area contributed by atoms with Crippen LogP contribution in [0.1, 0.15) is 58.8 Å². The lowest BCUT2D eigenvalue weighted by Crippen LogP contribution is -2.11. The SMILES string of the molecule is C1CCCCC1.C1COCOC1.CC. The van der Waals surface area contributed by atoms with Crippen molar-refractivity contribution in [3.63, 3.8) is 0 Å². The van der Waals surface area contributed by atoms with E-state index in [1.807, 2.05) is 13.8 Å². The van der Waals surface area contributed by atoms with Crippen molar-refractivity contribution >= 4 is 0 Å². The molecule has 2 fully saturated rings. The molecule has 1 aliphatic carbocycles. The Kier molecular flexibility index (Phi) is 12.8. The molecule has 1 heterocycles. The second kappa shape index (κ2) is 12.9. The maximum Gasteiger partial charge on any atom is 0.146 e. The Bertz CT molecular complexity index is 51.3. The summed E-state index contributed by atoms with van der Waals surface area (Å²) in [6, 6.07) is 0. The van der Waals surface area contributed by atoms with Crippen LogP contribution in [0.4, 0.5) is 0 Å². The van der Waals surface area contributed by atoms with Crippen molar-refractivity contribution in [2.24, 2.45) is 0 Å². The fourth-order valence-electron chi connectivity index (χ4n) is 1.50. The zero-order chi connectivity index (χ0) is 10.5. The van der Waals surface area contributed by atoms with E-state index in [1.54, 1.807) is 0 Å². The van der Waals surface area contributed by atoms with Crippen LogP contribution in [-0.2, 0) is 9.47 Å². The van der Waals surface area contributed by atoms with E-state index in [2.05, 4.69) is 0 Å². The van der Waals surface area contributed by atoms with Crippen molar-refractivity contribution < 1.29 is 9.47 Å². The molecule has 0 bridgehead atoms. The second-order valence-electron chi connectivity index (χ2n) is 3.41. The van der Waals surface area contributed by atoms with Crippen LogP contribution in [0.5, 0.6) is 0 Å². The topological polar surface area (TPSA) is 18.5 Å². The lowest BCUT2D eigenvalue weighted by Gasteiger charge is -2.09. The summed E-state index contributed by atoms with van der Waals surface area (Å²) in [6.07, 6.45) is 10.1. The Hall–Kier alpha value is -0.0800. The molecule has 1 saturated carbocycles. The zero-order valence-corrected chi connectivity index (χ0v) is 9.89. The highest BCUT2D eigenvalue weighted by molar-refractivity contribution is 4.51. The third kappa shape index (κ3) is 10.0. The van der Waals surface area contributed by atoms with Crippen molar-refractivity contribution in [1.82, 2.24) is 0 Å². The maximum atomic E-state index is 4.85. The smallest absolute Gasteiger partial charge is 0.146 e. The van der Waals surface area contributed by atoms with Gasteiger partial charge in [-0.25, -0.2) is 0 Å². The van der Waals surface area contributed by atoms with E-state index in [9.17, 15) is 0 Å². The van der Waals surface area contributed by atoms with Gasteiger partial charge in [-0.1, -0.05) is 52.4 Å². The average Bonchev–Trinajstić information content (AvgIpc) is 2.37. The van der Waals surface area contributed by atoms with Gasteiger partial charge in [0, 0.05) is 0 Å². The summed E-state index contributed by atoms with van der Waals surface area (Å²) in [5, 5.41) is 0. The molecule has 0 aromatic carbocycles. The minimum atomic E-state index is 0.500. The summed E-state index contributed by atoms with van der Waals surface area (Å²) >= 11 is 0. The standard InChI is InChI=1S/C6H12.C4H8O2.C2H6/c1-2-4-6-5-3-1;1-2-5-4-6-3-1;1-2/h1-6H2;1-4H2;1-2H3. The summed E-state index contributed by atoms with van der Waals surface area (Å²) in [4.78, 5) is 0. The van der Waals surface area contributed by atoms with Crippen LogP contribution in [0, 0.1) is 0 Å². The van der Waals surface area contributed by atoms with Gasteiger partial charge >= 0.3 is 0 Å². The summed E-state index contributed by atoms with van der Waals surface area (Å²) < 4.78 is 9.69. The van der Waals surface area contributed by atoms with Crippen LogP contribution in [0.2, 0.25) is 0 Å². The fourth-order valence-corrected chi connectivity index (χ4v) is 1.50. The molecule has 0 N–H and O–H groups in total. The van der Waals surface area contributed by atoms with Gasteiger partial charge in [0.25, 0.3) is 0 Å². The van der Waals surface area contributed by atoms with Gasteiger partial charge in [0.15, 0.2) is 0 Å². The molecule has 0 atom stereocenters. The Labute approximate surface area is 89.0 Å². The van der Waals surface area contributed by atoms with Crippen LogP contribution >= 0.6 is 0 Å². The second-order valence-corrected chi connectivity index (χ2v) is 3.41. The van der Waals surface area contributed by atoms with Crippen LogP contribution < -0.4 is 0 Å². The van der Waals surface area contributed by atoms with Crippen molar-refractivity contribution in [3.05, 3.63) is 0 Å². The van der Waals surface area contributed by atoms with E-state index in [0.717, 1.165) is 19.6 Å². The van der Waals surface area contributed by atoms with Crippen molar-refractivity contribution in [2.45, 2.75) is 58.8 Å². The largest absolute Gasteiger partial charge is 0.355 e. The Morgan fingerprint density at radius 3 is 1.07 bits per heavy atom. The minimum absolute atomic E-state index is 0.500. The molecule has 2 heteroatoms. The Morgan fingerprint density at radius 2 is 0.929 bits per heavy atom. The minimum Gasteiger partial charge on any atom is -0.355 e. The Balaban J connectivity index is 0.000000206. The summed E-state index contributed by atoms with van der Waals surface area (Å²) in [5.41, 5.74) is 0. The molecule has 2 aliphatic rings. The third-order valence-electron chi connectivity index (χ3n) is 2.24. The zero-order valence-electron chi connectivity index (χ0n) is 9.89. The molecule has 2 nitrogen and oxygen atoms in total. The number of hydrogen-bond donors (Lipinski definition) is 0. The van der Waals surface area contributed by atoms with Crippen molar-refractivity contribution in [3.8, 4) is 0 Å². The van der Waals surface area contributed by atoms with Gasteiger partial charge in [-0.2, -0.15) is 0 Å². The summed E-state index contributed by atoms with van der Waals surface area (Å²) in [7, 11) is 0. The van der Waals surface area contributed by atoms with Gasteiger partial charge < -0.3 is 9.47 Å². The van der Waals surface area contributed by atoms with Gasteiger partial charge in [-0.15, -0.1) is 0 Å². The molecular weight excluding hydrogens is 176 g/mol. The lowest BCUT2D eigenvalue weighted by molar-refractivity contribution is -0.0963. The van der Waals surface area contributed by atoms with Crippen LogP contribution in [0.25, 0.3) is 0 Å². The van der Waals surface area contributed by atoms with E-state index in [4.69, 9.17) is 9.47 Å². The van der Waals surface area contributed by atoms with Gasteiger partial charge in [0.2, 0.25) is 0 Å². The lowest BCUT2D eigenvalue weighted by atomic mass is 10.0. The van der Waals surface area contributed by atoms with E-state index < -0.39 is 0 Å². The first-order valence-electron chi connectivity index (χ1n) is 6.15. The van der Waals surface area contributed by atoms with Gasteiger partial charge in [-0.05, 0) is 6.42 Å². The van der Waals surface area contributed by atoms with Gasteiger partial charge in [-0.3, -0.25) is 0 Å². The fraction of sp³-hybridized carbons (Fsp3) is 1.00. The van der Waals surface area contributed by atoms with E-state index >= 15 is 0 Å². The van der Waals surface area contributed by atoms with Crippen molar-refractivity contribution in [2.75, 3.05) is 20.0 Å². The average molecular weight is 202 g/mol. The summed E-state index contributed by atoms with van der Waals surface area (Å²) in [5.74, 6) is 0. The third-order valence-corrected chi connectivity index (χ3v) is 2.24. The molecule has 0 aromatic heterocycles. The normalized spacial score (nSPS) is 21.0. The molecule has 0 spiro atoms. The number of hydrogen-bond acceptors (Lipinski definition) is 2. The molecule has 1 saturated heterocycles. The number of rotatable bonds is 0. The predicted octanol–water partition coefficient (Wildman–Crippen LogP) is 3.75. The van der Waals surface area contributed by atoms with Gasteiger partial charge in [0.1, 0.15) is 6.79 Å². The van der Waals surface area contributed by atoms with Crippen molar-refractivity contribution in [1.29, 1.82) is 0 Å². The Morgan fingerprint density at radius 1 is 0.571 bits per heavy atom. The molecule has 0 amide bonds. The summed E-state index contributed by atoms with van der Waals surface area (Å²) in [6.45, 7) is 6.25. The van der Waals surface area contributed by atoms with E-state index in [-0.39, 0.29) is 0 Å². The first kappa shape index (κ1) is 13.9. The molecule has 0 radical (unpaired) electrons. The molecule has 86 valence electrons. The molecule has 14 heavy (non-hydrogen) atoms. The highest BCUT2D eigenvalue weighted by Crippen LogP contribution is 2.15. The van der Waals surface area contributed by atoms with Crippen LogP contribution in [0.15, 0.2) is 0 Å². The van der Waals surface area contributed by atoms with Crippen LogP contribution in [0.3, 0.4) is 0 Å². The maximum absolute atomic E-state index is 4.85. The van der Waals surface area contributed by atoms with E-state index in [0.29, 0.717) is 6.79 Å². The van der Waals surface area contributed by atoms with E-state index in [1.165, 1.54) is 38.5 Å². The first-order valence-corrected chi connectivity index (χ1v) is 6.15. The quantitative estimate of drug-likeness (QED) is 0.595. The number of ether oxygens (including phenoxy) is 2. The van der Waals surface area contributed by atoms with Gasteiger partial charge in [0.05, 0.1) is 13.2 Å². The first-order chi connectivity index (χ1) is 7.00. The van der Waals surface area contributed by atoms with Crippen LogP contribution in [-0.4, -0.2) is 20.0 Å².